The summed E-state index contributed by atoms with van der Waals surface area (Å²) < 4.78 is 30.6. The summed E-state index contributed by atoms with van der Waals surface area (Å²) in [5, 5.41) is 5.86. The Morgan fingerprint density at radius 1 is 0.941 bits per heavy atom. The summed E-state index contributed by atoms with van der Waals surface area (Å²) in [4.78, 5) is 25.3. The topological polar surface area (TPSA) is 105 Å². The van der Waals surface area contributed by atoms with Crippen LogP contribution in [-0.2, 0) is 14.8 Å². The fourth-order valence-electron chi connectivity index (χ4n) is 3.47. The van der Waals surface area contributed by atoms with Crippen LogP contribution in [-0.4, -0.2) is 39.3 Å². The number of halogens is 1. The van der Waals surface area contributed by atoms with Crippen LogP contribution in [0.3, 0.4) is 0 Å². The maximum Gasteiger partial charge on any atom is 0.259 e. The predicted octanol–water partition coefficient (Wildman–Crippen LogP) is 4.28. The zero-order valence-electron chi connectivity index (χ0n) is 18.2. The minimum absolute atomic E-state index is 0.218. The van der Waals surface area contributed by atoms with Crippen LogP contribution in [0.25, 0.3) is 0 Å². The van der Waals surface area contributed by atoms with Crippen LogP contribution < -0.4 is 14.9 Å². The Kier molecular flexibility index (Phi) is 6.87. The van der Waals surface area contributed by atoms with Gasteiger partial charge < -0.3 is 15.4 Å². The second-order valence-electron chi connectivity index (χ2n) is 7.73. The summed E-state index contributed by atoms with van der Waals surface area (Å²) in [6.07, 6.45) is 0. The molecule has 3 aromatic carbocycles. The maximum absolute atomic E-state index is 12.7. The van der Waals surface area contributed by atoms with Crippen LogP contribution in [0.2, 0.25) is 5.02 Å². The molecule has 0 saturated carbocycles. The molecule has 10 heteroatoms. The third-order valence-corrected chi connectivity index (χ3v) is 7.04. The molecule has 0 unspecified atom stereocenters. The van der Waals surface area contributed by atoms with Crippen molar-refractivity contribution in [2.24, 2.45) is 0 Å². The summed E-state index contributed by atoms with van der Waals surface area (Å²) in [7, 11) is -3.54. The molecule has 2 N–H and O–H groups in total. The van der Waals surface area contributed by atoms with Gasteiger partial charge in [-0.2, -0.15) is 0 Å². The number of nitrogens with one attached hydrogen (secondary N) is 2. The maximum atomic E-state index is 12.7. The lowest BCUT2D eigenvalue weighted by atomic mass is 10.1. The summed E-state index contributed by atoms with van der Waals surface area (Å²) in [5.74, 6) is -1.08. The third-order valence-electron chi connectivity index (χ3n) is 5.18. The summed E-state index contributed by atoms with van der Waals surface area (Å²) >= 11 is 6.24. The number of benzene rings is 3. The highest BCUT2D eigenvalue weighted by Gasteiger charge is 2.26. The lowest BCUT2D eigenvalue weighted by Gasteiger charge is -2.28. The van der Waals surface area contributed by atoms with Crippen molar-refractivity contribution in [3.63, 3.8) is 0 Å². The fourth-order valence-corrected chi connectivity index (χ4v) is 4.88. The molecular formula is C24H22ClN3O5S. The average molecular weight is 500 g/mol. The average Bonchev–Trinajstić information content (AvgIpc) is 2.81. The molecule has 1 aliphatic rings. The van der Waals surface area contributed by atoms with E-state index in [2.05, 4.69) is 10.6 Å². The Morgan fingerprint density at radius 3 is 2.38 bits per heavy atom. The van der Waals surface area contributed by atoms with Gasteiger partial charge in [-0.25, -0.2) is 8.42 Å². The zero-order valence-corrected chi connectivity index (χ0v) is 19.8. The second kappa shape index (κ2) is 9.84. The Morgan fingerprint density at radius 2 is 1.68 bits per heavy atom. The van der Waals surface area contributed by atoms with E-state index in [-0.39, 0.29) is 18.4 Å². The molecule has 0 atom stereocenters. The number of anilines is 3. The number of ether oxygens (including phenoxy) is 1. The first-order valence-corrected chi connectivity index (χ1v) is 12.4. The Hall–Kier alpha value is -3.40. The third kappa shape index (κ3) is 5.39. The number of hydrogen-bond donors (Lipinski definition) is 2. The molecule has 0 aliphatic carbocycles. The van der Waals surface area contributed by atoms with Crippen molar-refractivity contribution < 1.29 is 22.7 Å². The quantitative estimate of drug-likeness (QED) is 0.545. The lowest BCUT2D eigenvalue weighted by molar-refractivity contribution is 0.101. The van der Waals surface area contributed by atoms with Gasteiger partial charge in [0, 0.05) is 16.8 Å². The lowest BCUT2D eigenvalue weighted by Crippen LogP contribution is -2.41. The number of amides is 2. The number of carbonyl (C=O) groups is 2. The molecule has 3 aromatic rings. The van der Waals surface area contributed by atoms with Crippen molar-refractivity contribution in [2.75, 3.05) is 34.0 Å². The van der Waals surface area contributed by atoms with Gasteiger partial charge in [-0.15, -0.1) is 0 Å². The molecule has 0 aromatic heterocycles. The first kappa shape index (κ1) is 23.7. The van der Waals surface area contributed by atoms with Gasteiger partial charge in [-0.05, 0) is 61.5 Å². The van der Waals surface area contributed by atoms with Gasteiger partial charge in [-0.1, -0.05) is 29.3 Å². The molecule has 2 amide bonds. The van der Waals surface area contributed by atoms with Crippen molar-refractivity contribution in [3.05, 3.63) is 88.4 Å². The van der Waals surface area contributed by atoms with Gasteiger partial charge in [0.05, 0.1) is 29.5 Å². The number of aryl methyl sites for hydroxylation is 1. The number of sulfonamides is 1. The van der Waals surface area contributed by atoms with Gasteiger partial charge in [-0.3, -0.25) is 13.9 Å². The van der Waals surface area contributed by atoms with Crippen LogP contribution in [0.5, 0.6) is 0 Å². The van der Waals surface area contributed by atoms with Crippen molar-refractivity contribution in [1.29, 1.82) is 0 Å². The zero-order chi connectivity index (χ0) is 24.3. The number of rotatable bonds is 5. The molecule has 1 aliphatic heterocycles. The van der Waals surface area contributed by atoms with E-state index in [9.17, 15) is 18.0 Å². The van der Waals surface area contributed by atoms with Crippen molar-refractivity contribution >= 4 is 50.5 Å². The summed E-state index contributed by atoms with van der Waals surface area (Å²) in [6, 6.07) is 18.2. The molecule has 8 nitrogen and oxygen atoms in total. The molecular weight excluding hydrogens is 478 g/mol. The second-order valence-corrected chi connectivity index (χ2v) is 9.98. The van der Waals surface area contributed by atoms with Crippen molar-refractivity contribution in [1.82, 2.24) is 0 Å². The number of nitrogens with zero attached hydrogens (tertiary/aromatic N) is 1. The van der Waals surface area contributed by atoms with E-state index in [1.165, 1.54) is 4.31 Å². The van der Waals surface area contributed by atoms with Gasteiger partial charge in [0.25, 0.3) is 21.8 Å². The molecule has 1 fully saturated rings. The van der Waals surface area contributed by atoms with Crippen LogP contribution >= 0.6 is 11.6 Å². The minimum atomic E-state index is -3.54. The number of carbonyl (C=O) groups excluding carboxylic acids is 2. The summed E-state index contributed by atoms with van der Waals surface area (Å²) in [6.45, 7) is 2.42. The minimum Gasteiger partial charge on any atom is -0.362 e. The van der Waals surface area contributed by atoms with Crippen LogP contribution in [0.15, 0.2) is 66.7 Å². The van der Waals surface area contributed by atoms with Gasteiger partial charge in [0.1, 0.15) is 0 Å². The predicted molar refractivity (Wildman–Crippen MR) is 132 cm³/mol. The molecule has 1 saturated heterocycles. The van der Waals surface area contributed by atoms with E-state index in [1.54, 1.807) is 60.7 Å². The largest absolute Gasteiger partial charge is 0.362 e. The van der Waals surface area contributed by atoms with Crippen LogP contribution in [0.1, 0.15) is 26.3 Å². The van der Waals surface area contributed by atoms with E-state index in [4.69, 9.17) is 16.3 Å². The highest BCUT2D eigenvalue weighted by molar-refractivity contribution is 7.92. The molecule has 0 radical (unpaired) electrons. The van der Waals surface area contributed by atoms with Crippen molar-refractivity contribution in [3.8, 4) is 0 Å². The van der Waals surface area contributed by atoms with Crippen LogP contribution in [0, 0.1) is 6.92 Å². The molecule has 4 rings (SSSR count). The Bertz CT molecular complexity index is 1340. The molecule has 34 heavy (non-hydrogen) atoms. The van der Waals surface area contributed by atoms with Gasteiger partial charge in [0.2, 0.25) is 0 Å². The normalized spacial score (nSPS) is 14.9. The van der Waals surface area contributed by atoms with E-state index < -0.39 is 15.9 Å². The van der Waals surface area contributed by atoms with Crippen molar-refractivity contribution in [2.45, 2.75) is 6.92 Å². The molecule has 1 heterocycles. The smallest absolute Gasteiger partial charge is 0.259 e. The molecule has 0 bridgehead atoms. The van der Waals surface area contributed by atoms with E-state index in [1.807, 2.05) is 13.0 Å². The van der Waals surface area contributed by atoms with E-state index in [0.29, 0.717) is 39.8 Å². The number of hydrogen-bond acceptors (Lipinski definition) is 5. The monoisotopic (exact) mass is 499 g/mol. The molecule has 176 valence electrons. The SMILES string of the molecule is Cc1cccc(C(=O)Nc2cc(NC(=O)c3ccc(N4CCOCS4(=O)=O)cc3)ccc2Cl)c1. The first-order chi connectivity index (χ1) is 16.2. The molecule has 0 spiro atoms. The van der Waals surface area contributed by atoms with E-state index >= 15 is 0 Å². The van der Waals surface area contributed by atoms with Gasteiger partial charge >= 0.3 is 0 Å². The van der Waals surface area contributed by atoms with Crippen LogP contribution in [0.4, 0.5) is 17.1 Å². The van der Waals surface area contributed by atoms with Gasteiger partial charge in [0.15, 0.2) is 5.94 Å². The van der Waals surface area contributed by atoms with E-state index in [0.717, 1.165) is 5.56 Å². The highest BCUT2D eigenvalue weighted by Crippen LogP contribution is 2.27. The standard InChI is InChI=1S/C24H22ClN3O5S/c1-16-3-2-4-18(13-16)24(30)27-22-14-19(7-10-21(22)25)26-23(29)17-5-8-20(9-6-17)28-11-12-33-15-34(28,31)32/h2-10,13-14H,11-12,15H2,1H3,(H,26,29)(H,27,30). The first-order valence-electron chi connectivity index (χ1n) is 10.4. The fraction of sp³-hybridized carbons (Fsp3) is 0.167. The Balaban J connectivity index is 1.46. The highest BCUT2D eigenvalue weighted by atomic mass is 35.5. The summed E-state index contributed by atoms with van der Waals surface area (Å²) in [5.41, 5.74) is 3.06. The Labute approximate surface area is 202 Å².